The molecule has 0 aliphatic carbocycles. The highest BCUT2D eigenvalue weighted by Crippen LogP contribution is 2.38. The molecule has 2 aromatic heterocycles. The third-order valence-electron chi connectivity index (χ3n) is 5.74. The minimum Gasteiger partial charge on any atom is -0.344 e. The van der Waals surface area contributed by atoms with Crippen LogP contribution in [-0.2, 0) is 29.2 Å². The van der Waals surface area contributed by atoms with E-state index in [0.29, 0.717) is 4.90 Å². The maximum Gasteiger partial charge on any atom is 0.175 e. The molecule has 0 amide bonds. The number of likely N-dealkylation sites (N-methyl/N-ethyl adjacent to an activating group) is 1. The molecule has 0 fully saturated rings. The molecule has 0 radical (unpaired) electrons. The lowest BCUT2D eigenvalue weighted by Crippen LogP contribution is -2.31. The van der Waals surface area contributed by atoms with Crippen molar-refractivity contribution in [3.63, 3.8) is 0 Å². The molecule has 1 aliphatic heterocycles. The third kappa shape index (κ3) is 3.28. The van der Waals surface area contributed by atoms with Crippen molar-refractivity contribution in [3.05, 3.63) is 59.5 Å². The molecule has 0 saturated carbocycles. The van der Waals surface area contributed by atoms with Gasteiger partial charge in [0.2, 0.25) is 0 Å². The van der Waals surface area contributed by atoms with E-state index in [0.717, 1.165) is 36.8 Å². The van der Waals surface area contributed by atoms with Crippen LogP contribution in [0.2, 0.25) is 0 Å². The molecule has 1 aromatic carbocycles. The van der Waals surface area contributed by atoms with Crippen LogP contribution < -0.4 is 0 Å². The van der Waals surface area contributed by atoms with Gasteiger partial charge < -0.3 is 4.57 Å². The molecule has 27 heavy (non-hydrogen) atoms. The van der Waals surface area contributed by atoms with Gasteiger partial charge in [-0.15, -0.1) is 0 Å². The lowest BCUT2D eigenvalue weighted by Gasteiger charge is -2.31. The molecule has 3 aromatic rings. The first-order chi connectivity index (χ1) is 12.9. The molecule has 142 valence electrons. The van der Waals surface area contributed by atoms with Gasteiger partial charge in [0.15, 0.2) is 9.84 Å². The number of rotatable bonds is 4. The first kappa shape index (κ1) is 18.2. The van der Waals surface area contributed by atoms with Crippen LogP contribution >= 0.6 is 0 Å². The van der Waals surface area contributed by atoms with Gasteiger partial charge in [-0.25, -0.2) is 8.42 Å². The zero-order chi connectivity index (χ0) is 19.2. The van der Waals surface area contributed by atoms with Crippen LogP contribution in [0.15, 0.2) is 47.6 Å². The van der Waals surface area contributed by atoms with E-state index < -0.39 is 9.84 Å². The summed E-state index contributed by atoms with van der Waals surface area (Å²) in [7, 11) is -1.10. The second-order valence-corrected chi connectivity index (χ2v) is 9.50. The van der Waals surface area contributed by atoms with Gasteiger partial charge in [-0.3, -0.25) is 9.88 Å². The first-order valence-corrected chi connectivity index (χ1v) is 11.2. The van der Waals surface area contributed by atoms with Crippen molar-refractivity contribution in [1.82, 2.24) is 14.5 Å². The van der Waals surface area contributed by atoms with Gasteiger partial charge in [0.1, 0.15) is 0 Å². The number of fused-ring (bicyclic) bond motifs is 3. The molecule has 0 saturated heterocycles. The van der Waals surface area contributed by atoms with Crippen LogP contribution in [0.3, 0.4) is 0 Å². The summed E-state index contributed by atoms with van der Waals surface area (Å²) < 4.78 is 26.5. The molecule has 0 N–H and O–H groups in total. The molecule has 1 aliphatic rings. The average molecular weight is 384 g/mol. The number of benzene rings is 1. The molecule has 3 heterocycles. The Balaban J connectivity index is 1.85. The van der Waals surface area contributed by atoms with E-state index >= 15 is 0 Å². The van der Waals surface area contributed by atoms with Crippen LogP contribution in [0.1, 0.15) is 29.8 Å². The normalized spacial score (nSPS) is 18.0. The van der Waals surface area contributed by atoms with E-state index in [1.807, 2.05) is 24.4 Å². The Bertz CT molecular complexity index is 1090. The van der Waals surface area contributed by atoms with E-state index in [1.165, 1.54) is 23.1 Å². The van der Waals surface area contributed by atoms with Crippen molar-refractivity contribution in [1.29, 1.82) is 0 Å². The predicted molar refractivity (Wildman–Crippen MR) is 108 cm³/mol. The van der Waals surface area contributed by atoms with Crippen LogP contribution in [0.25, 0.3) is 10.9 Å². The topological polar surface area (TPSA) is 55.2 Å². The van der Waals surface area contributed by atoms with Crippen LogP contribution in [0.4, 0.5) is 0 Å². The minimum atomic E-state index is -3.23. The summed E-state index contributed by atoms with van der Waals surface area (Å²) in [6.45, 7) is 4.08. The fourth-order valence-corrected chi connectivity index (χ4v) is 4.76. The smallest absolute Gasteiger partial charge is 0.175 e. The van der Waals surface area contributed by atoms with E-state index in [1.54, 1.807) is 12.3 Å². The Labute approximate surface area is 160 Å². The minimum absolute atomic E-state index is 0.269. The maximum absolute atomic E-state index is 12.1. The molecule has 1 unspecified atom stereocenters. The van der Waals surface area contributed by atoms with Gasteiger partial charge in [0.25, 0.3) is 0 Å². The van der Waals surface area contributed by atoms with Gasteiger partial charge in [-0.2, -0.15) is 0 Å². The maximum atomic E-state index is 12.1. The fraction of sp³-hybridized carbons (Fsp3) is 0.381. The quantitative estimate of drug-likeness (QED) is 0.694. The molecule has 6 heteroatoms. The van der Waals surface area contributed by atoms with Crippen molar-refractivity contribution >= 4 is 20.7 Å². The summed E-state index contributed by atoms with van der Waals surface area (Å²) in [6.07, 6.45) is 6.86. The molecule has 0 bridgehead atoms. The Morgan fingerprint density at radius 2 is 2.07 bits per heavy atom. The summed E-state index contributed by atoms with van der Waals surface area (Å²) >= 11 is 0. The average Bonchev–Trinajstić information content (AvgIpc) is 2.96. The summed E-state index contributed by atoms with van der Waals surface area (Å²) in [4.78, 5) is 6.94. The number of pyridine rings is 1. The van der Waals surface area contributed by atoms with E-state index in [-0.39, 0.29) is 6.04 Å². The molecular formula is C21H25N3O2S. The highest BCUT2D eigenvalue weighted by molar-refractivity contribution is 7.90. The second-order valence-electron chi connectivity index (χ2n) is 7.48. The van der Waals surface area contributed by atoms with Gasteiger partial charge >= 0.3 is 0 Å². The number of nitrogens with zero attached hydrogens (tertiary/aromatic N) is 3. The van der Waals surface area contributed by atoms with E-state index in [4.69, 9.17) is 0 Å². The molecule has 4 rings (SSSR count). The van der Waals surface area contributed by atoms with Gasteiger partial charge in [-0.05, 0) is 55.8 Å². The molecule has 0 spiro atoms. The largest absolute Gasteiger partial charge is 0.344 e. The lowest BCUT2D eigenvalue weighted by atomic mass is 9.97. The van der Waals surface area contributed by atoms with Crippen LogP contribution in [0.5, 0.6) is 0 Å². The number of aromatic nitrogens is 2. The number of sulfone groups is 1. The number of hydrogen-bond acceptors (Lipinski definition) is 4. The van der Waals surface area contributed by atoms with Crippen molar-refractivity contribution in [2.75, 3.05) is 19.8 Å². The zero-order valence-electron chi connectivity index (χ0n) is 16.0. The van der Waals surface area contributed by atoms with E-state index in [2.05, 4.69) is 34.5 Å². The van der Waals surface area contributed by atoms with Crippen LogP contribution in [0, 0.1) is 0 Å². The Kier molecular flexibility index (Phi) is 4.56. The Morgan fingerprint density at radius 3 is 2.78 bits per heavy atom. The number of aryl methyl sites for hydroxylation is 2. The van der Waals surface area contributed by atoms with Crippen molar-refractivity contribution in [2.45, 2.75) is 37.2 Å². The van der Waals surface area contributed by atoms with Crippen LogP contribution in [-0.4, -0.2) is 42.7 Å². The SMILES string of the molecule is CC1c2c(n(CCc3cccnc3)c3ccc(S(C)(=O)=O)cc23)CCN1C. The molecular weight excluding hydrogens is 358 g/mol. The summed E-state index contributed by atoms with van der Waals surface area (Å²) in [6, 6.07) is 9.90. The Morgan fingerprint density at radius 1 is 1.26 bits per heavy atom. The molecule has 1 atom stereocenters. The fourth-order valence-electron chi connectivity index (χ4n) is 4.12. The van der Waals surface area contributed by atoms with Crippen molar-refractivity contribution < 1.29 is 8.42 Å². The summed E-state index contributed by atoms with van der Waals surface area (Å²) in [5, 5.41) is 1.07. The monoisotopic (exact) mass is 383 g/mol. The van der Waals surface area contributed by atoms with Crippen molar-refractivity contribution in [2.24, 2.45) is 0 Å². The lowest BCUT2D eigenvalue weighted by molar-refractivity contribution is 0.245. The molecule has 5 nitrogen and oxygen atoms in total. The summed E-state index contributed by atoms with van der Waals surface area (Å²) in [5.41, 5.74) is 4.95. The second kappa shape index (κ2) is 6.77. The summed E-state index contributed by atoms with van der Waals surface area (Å²) in [5.74, 6) is 0. The standard InChI is InChI=1S/C21H25N3O2S/c1-15-21-18-13-17(27(3,25)26)6-7-19(18)24(20(21)9-11-23(15)2)12-8-16-5-4-10-22-14-16/h4-7,10,13-15H,8-9,11-12H2,1-3H3. The zero-order valence-corrected chi connectivity index (χ0v) is 16.8. The van der Waals surface area contributed by atoms with Crippen molar-refractivity contribution in [3.8, 4) is 0 Å². The predicted octanol–water partition coefficient (Wildman–Crippen LogP) is 3.23. The van der Waals surface area contributed by atoms with E-state index in [9.17, 15) is 8.42 Å². The highest BCUT2D eigenvalue weighted by Gasteiger charge is 2.28. The Hall–Kier alpha value is -2.18. The third-order valence-corrected chi connectivity index (χ3v) is 6.85. The first-order valence-electron chi connectivity index (χ1n) is 9.30. The number of hydrogen-bond donors (Lipinski definition) is 0. The highest BCUT2D eigenvalue weighted by atomic mass is 32.2. The van der Waals surface area contributed by atoms with Gasteiger partial charge in [0.05, 0.1) is 4.90 Å². The van der Waals surface area contributed by atoms with Gasteiger partial charge in [0, 0.05) is 60.8 Å². The van der Waals surface area contributed by atoms with Gasteiger partial charge in [-0.1, -0.05) is 6.07 Å².